The van der Waals surface area contributed by atoms with E-state index in [1.54, 1.807) is 6.07 Å². The van der Waals surface area contributed by atoms with Crippen LogP contribution in [0.5, 0.6) is 5.75 Å². The van der Waals surface area contributed by atoms with Crippen LogP contribution < -0.4 is 4.74 Å². The van der Waals surface area contributed by atoms with E-state index in [-0.39, 0.29) is 11.6 Å². The molecule has 0 amide bonds. The van der Waals surface area contributed by atoms with Crippen LogP contribution in [0.15, 0.2) is 66.7 Å². The van der Waals surface area contributed by atoms with Crippen molar-refractivity contribution in [2.45, 2.75) is 0 Å². The molecule has 0 atom stereocenters. The van der Waals surface area contributed by atoms with Gasteiger partial charge in [0.1, 0.15) is 5.82 Å². The molecule has 0 unspecified atom stereocenters. The maximum Gasteiger partial charge on any atom is 0.165 e. The second-order valence-corrected chi connectivity index (χ2v) is 5.53. The van der Waals surface area contributed by atoms with Crippen LogP contribution in [0.1, 0.15) is 0 Å². The molecule has 0 saturated carbocycles. The van der Waals surface area contributed by atoms with Crippen LogP contribution in [0, 0.1) is 5.82 Å². The molecular weight excluding hydrogens is 303 g/mol. The number of ether oxygens (including phenoxy) is 1. The van der Waals surface area contributed by atoms with Gasteiger partial charge in [0.25, 0.3) is 0 Å². The lowest BCUT2D eigenvalue weighted by Crippen LogP contribution is -1.89. The number of methoxy groups -OCH3 is 1. The molecule has 1 N–H and O–H groups in total. The average Bonchev–Trinajstić information content (AvgIpc) is 3.06. The minimum atomic E-state index is -0.371. The summed E-state index contributed by atoms with van der Waals surface area (Å²) in [6.45, 7) is 0. The van der Waals surface area contributed by atoms with Crippen molar-refractivity contribution in [2.75, 3.05) is 7.11 Å². The predicted octanol–water partition coefficient (Wildman–Crippen LogP) is 5.04. The second-order valence-electron chi connectivity index (χ2n) is 5.53. The highest BCUT2D eigenvalue weighted by Crippen LogP contribution is 2.29. The first-order valence-electron chi connectivity index (χ1n) is 7.64. The van der Waals surface area contributed by atoms with Gasteiger partial charge < -0.3 is 9.72 Å². The number of hydrogen-bond acceptors (Lipinski definition) is 2. The Balaban J connectivity index is 1.77. The van der Waals surface area contributed by atoms with E-state index >= 15 is 0 Å². The Kier molecular flexibility index (Phi) is 3.50. The van der Waals surface area contributed by atoms with Crippen molar-refractivity contribution in [1.29, 1.82) is 0 Å². The lowest BCUT2D eigenvalue weighted by Gasteiger charge is -2.07. The second kappa shape index (κ2) is 5.81. The third-order valence-electron chi connectivity index (χ3n) is 4.01. The minimum Gasteiger partial charge on any atom is -0.494 e. The maximum atomic E-state index is 14.0. The van der Waals surface area contributed by atoms with Crippen LogP contribution in [0.2, 0.25) is 0 Å². The first-order chi connectivity index (χ1) is 11.7. The molecule has 1 heterocycles. The molecule has 0 aliphatic carbocycles. The third-order valence-corrected chi connectivity index (χ3v) is 4.01. The summed E-state index contributed by atoms with van der Waals surface area (Å²) in [4.78, 5) is 7.93. The van der Waals surface area contributed by atoms with Crippen molar-refractivity contribution in [1.82, 2.24) is 9.97 Å². The SMILES string of the molecule is COc1ccc(-c2cccc(-c3nc4ccccc4[nH]3)c2)cc1F. The molecule has 0 aliphatic heterocycles. The van der Waals surface area contributed by atoms with Crippen LogP contribution in [-0.4, -0.2) is 17.1 Å². The smallest absolute Gasteiger partial charge is 0.165 e. The van der Waals surface area contributed by atoms with E-state index in [0.29, 0.717) is 0 Å². The van der Waals surface area contributed by atoms with E-state index in [1.165, 1.54) is 13.2 Å². The van der Waals surface area contributed by atoms with Crippen molar-refractivity contribution in [2.24, 2.45) is 0 Å². The lowest BCUT2D eigenvalue weighted by molar-refractivity contribution is 0.386. The van der Waals surface area contributed by atoms with E-state index < -0.39 is 0 Å². The van der Waals surface area contributed by atoms with Crippen LogP contribution >= 0.6 is 0 Å². The number of H-pyrrole nitrogens is 1. The topological polar surface area (TPSA) is 37.9 Å². The summed E-state index contributed by atoms with van der Waals surface area (Å²) < 4.78 is 18.9. The van der Waals surface area contributed by atoms with Crippen molar-refractivity contribution in [3.63, 3.8) is 0 Å². The third kappa shape index (κ3) is 2.52. The molecule has 4 rings (SSSR count). The number of para-hydroxylation sites is 2. The van der Waals surface area contributed by atoms with Crippen molar-refractivity contribution in [3.05, 3.63) is 72.5 Å². The van der Waals surface area contributed by atoms with Crippen molar-refractivity contribution < 1.29 is 9.13 Å². The fraction of sp³-hybridized carbons (Fsp3) is 0.0500. The Morgan fingerprint density at radius 3 is 2.46 bits per heavy atom. The molecule has 3 nitrogen and oxygen atoms in total. The molecule has 1 aromatic heterocycles. The Morgan fingerprint density at radius 2 is 1.67 bits per heavy atom. The molecule has 24 heavy (non-hydrogen) atoms. The monoisotopic (exact) mass is 318 g/mol. The van der Waals surface area contributed by atoms with Gasteiger partial charge in [-0.15, -0.1) is 0 Å². The average molecular weight is 318 g/mol. The Bertz CT molecular complexity index is 990. The van der Waals surface area contributed by atoms with E-state index in [9.17, 15) is 4.39 Å². The van der Waals surface area contributed by atoms with Gasteiger partial charge in [0, 0.05) is 5.56 Å². The zero-order valence-electron chi connectivity index (χ0n) is 13.1. The molecule has 4 heteroatoms. The number of hydrogen-bond donors (Lipinski definition) is 1. The van der Waals surface area contributed by atoms with Crippen molar-refractivity contribution >= 4 is 11.0 Å². The van der Waals surface area contributed by atoms with Gasteiger partial charge in [-0.3, -0.25) is 0 Å². The number of rotatable bonds is 3. The number of benzene rings is 3. The first kappa shape index (κ1) is 14.5. The molecule has 0 aliphatic rings. The van der Waals surface area contributed by atoms with Crippen LogP contribution in [-0.2, 0) is 0 Å². The van der Waals surface area contributed by atoms with Crippen LogP contribution in [0.4, 0.5) is 4.39 Å². The van der Waals surface area contributed by atoms with Gasteiger partial charge in [-0.05, 0) is 41.5 Å². The van der Waals surface area contributed by atoms with E-state index in [1.807, 2.05) is 54.6 Å². The number of nitrogens with one attached hydrogen (secondary N) is 1. The first-order valence-corrected chi connectivity index (χ1v) is 7.64. The fourth-order valence-corrected chi connectivity index (χ4v) is 2.78. The molecule has 0 saturated heterocycles. The summed E-state index contributed by atoms with van der Waals surface area (Å²) in [6, 6.07) is 20.7. The molecule has 0 radical (unpaired) electrons. The highest BCUT2D eigenvalue weighted by atomic mass is 19.1. The van der Waals surface area contributed by atoms with Crippen molar-refractivity contribution in [3.8, 4) is 28.3 Å². The van der Waals surface area contributed by atoms with Gasteiger partial charge in [-0.1, -0.05) is 36.4 Å². The van der Waals surface area contributed by atoms with Gasteiger partial charge in [-0.25, -0.2) is 9.37 Å². The maximum absolute atomic E-state index is 14.0. The quantitative estimate of drug-likeness (QED) is 0.574. The summed E-state index contributed by atoms with van der Waals surface area (Å²) in [7, 11) is 1.46. The van der Waals surface area contributed by atoms with Gasteiger partial charge >= 0.3 is 0 Å². The summed E-state index contributed by atoms with van der Waals surface area (Å²) in [6.07, 6.45) is 0. The summed E-state index contributed by atoms with van der Waals surface area (Å²) in [5.74, 6) is 0.670. The Morgan fingerprint density at radius 1 is 0.875 bits per heavy atom. The molecule has 0 bridgehead atoms. The highest BCUT2D eigenvalue weighted by Gasteiger charge is 2.08. The Hall–Kier alpha value is -3.14. The number of halogens is 1. The number of aromatic amines is 1. The number of nitrogens with zero attached hydrogens (tertiary/aromatic N) is 1. The summed E-state index contributed by atoms with van der Waals surface area (Å²) >= 11 is 0. The largest absolute Gasteiger partial charge is 0.494 e. The number of fused-ring (bicyclic) bond motifs is 1. The van der Waals surface area contributed by atoms with Crippen LogP contribution in [0.25, 0.3) is 33.5 Å². The standard InChI is InChI=1S/C20H15FN2O/c1-24-19-10-9-14(12-16(19)21)13-5-4-6-15(11-13)20-22-17-7-2-3-8-18(17)23-20/h2-12H,1H3,(H,22,23). The molecule has 0 fully saturated rings. The predicted molar refractivity (Wildman–Crippen MR) is 93.5 cm³/mol. The van der Waals surface area contributed by atoms with Gasteiger partial charge in [0.15, 0.2) is 11.6 Å². The summed E-state index contributed by atoms with van der Waals surface area (Å²) in [5, 5.41) is 0. The molecular formula is C20H15FN2O. The molecule has 118 valence electrons. The molecule has 4 aromatic rings. The Labute approximate surface area is 138 Å². The number of aromatic nitrogens is 2. The summed E-state index contributed by atoms with van der Waals surface area (Å²) in [5.41, 5.74) is 4.60. The zero-order valence-corrected chi connectivity index (χ0v) is 13.1. The number of imidazole rings is 1. The van der Waals surface area contributed by atoms with Crippen LogP contribution in [0.3, 0.4) is 0 Å². The van der Waals surface area contributed by atoms with E-state index in [2.05, 4.69) is 9.97 Å². The zero-order chi connectivity index (χ0) is 16.5. The van der Waals surface area contributed by atoms with E-state index in [0.717, 1.165) is 33.5 Å². The molecule has 0 spiro atoms. The van der Waals surface area contributed by atoms with Gasteiger partial charge in [-0.2, -0.15) is 0 Å². The lowest BCUT2D eigenvalue weighted by atomic mass is 10.0. The normalized spacial score (nSPS) is 10.9. The van der Waals surface area contributed by atoms with E-state index in [4.69, 9.17) is 4.74 Å². The molecule has 3 aromatic carbocycles. The fourth-order valence-electron chi connectivity index (χ4n) is 2.78. The minimum absolute atomic E-state index is 0.243. The van der Waals surface area contributed by atoms with Gasteiger partial charge in [0.05, 0.1) is 18.1 Å². The van der Waals surface area contributed by atoms with Gasteiger partial charge in [0.2, 0.25) is 0 Å². The highest BCUT2D eigenvalue weighted by molar-refractivity contribution is 5.80.